The van der Waals surface area contributed by atoms with Crippen LogP contribution in [-0.4, -0.2) is 29.7 Å². The lowest BCUT2D eigenvalue weighted by Gasteiger charge is -2.60. The molecule has 2 bridgehead atoms. The summed E-state index contributed by atoms with van der Waals surface area (Å²) >= 11 is 0. The Labute approximate surface area is 142 Å². The minimum absolute atomic E-state index is 0.0169. The van der Waals surface area contributed by atoms with Gasteiger partial charge >= 0.3 is 0 Å². The Balaban J connectivity index is 1.72. The summed E-state index contributed by atoms with van der Waals surface area (Å²) < 4.78 is 39.6. The lowest BCUT2D eigenvalue weighted by Crippen LogP contribution is -2.70. The van der Waals surface area contributed by atoms with E-state index in [4.69, 9.17) is 19.2 Å². The molecule has 1 aliphatic carbocycles. The molecule has 4 nitrogen and oxygen atoms in total. The number of ether oxygens (including phenoxy) is 2. The molecule has 5 rings (SSSR count). The third-order valence-corrected chi connectivity index (χ3v) is 6.85. The van der Waals surface area contributed by atoms with Crippen LogP contribution in [0.5, 0.6) is 0 Å². The van der Waals surface area contributed by atoms with Gasteiger partial charge in [-0.25, -0.2) is 18.6 Å². The van der Waals surface area contributed by atoms with Crippen molar-refractivity contribution < 1.29 is 28.0 Å². The lowest BCUT2D eigenvalue weighted by molar-refractivity contribution is -0.571. The summed E-state index contributed by atoms with van der Waals surface area (Å²) in [5.74, 6) is -2.75. The molecular formula is C18H28F2O4. The lowest BCUT2D eigenvalue weighted by atomic mass is 9.57. The van der Waals surface area contributed by atoms with Gasteiger partial charge in [0.1, 0.15) is 0 Å². The quantitative estimate of drug-likeness (QED) is 0.699. The van der Waals surface area contributed by atoms with Gasteiger partial charge in [0.05, 0.1) is 6.10 Å². The summed E-state index contributed by atoms with van der Waals surface area (Å²) in [7, 11) is 0. The summed E-state index contributed by atoms with van der Waals surface area (Å²) in [5, 5.41) is 0. The first-order valence-electron chi connectivity index (χ1n) is 9.22. The highest BCUT2D eigenvalue weighted by molar-refractivity contribution is 5.10. The second-order valence-corrected chi connectivity index (χ2v) is 8.72. The second-order valence-electron chi connectivity index (χ2n) is 8.72. The van der Waals surface area contributed by atoms with E-state index >= 15 is 0 Å². The van der Waals surface area contributed by atoms with Crippen LogP contribution in [0, 0.1) is 23.7 Å². The summed E-state index contributed by atoms with van der Waals surface area (Å²) in [6.45, 7) is 7.07. The highest BCUT2D eigenvalue weighted by Gasteiger charge is 2.69. The van der Waals surface area contributed by atoms with E-state index < -0.39 is 29.7 Å². The SMILES string of the molecule is C[C@H]1[C@@H](CC(C)(F)F)O[C@@H]2O[C@@]3(C)CC[C@H]4[C@H](C)CC[C@@H]1[C@@]24OO3. The maximum atomic E-state index is 13.7. The minimum atomic E-state index is -2.75. The van der Waals surface area contributed by atoms with Gasteiger partial charge in [-0.3, -0.25) is 0 Å². The summed E-state index contributed by atoms with van der Waals surface area (Å²) in [6.07, 6.45) is 2.29. The molecular weight excluding hydrogens is 318 g/mol. The van der Waals surface area contributed by atoms with Gasteiger partial charge in [0.15, 0.2) is 11.9 Å². The largest absolute Gasteiger partial charge is 0.346 e. The van der Waals surface area contributed by atoms with Crippen molar-refractivity contribution in [1.29, 1.82) is 0 Å². The zero-order valence-electron chi connectivity index (χ0n) is 14.9. The van der Waals surface area contributed by atoms with Crippen LogP contribution in [-0.2, 0) is 19.2 Å². The zero-order chi connectivity index (χ0) is 17.3. The molecule has 4 aliphatic heterocycles. The molecule has 1 saturated carbocycles. The van der Waals surface area contributed by atoms with Crippen LogP contribution in [0.25, 0.3) is 0 Å². The monoisotopic (exact) mass is 346 g/mol. The van der Waals surface area contributed by atoms with E-state index in [2.05, 4.69) is 6.92 Å². The van der Waals surface area contributed by atoms with Crippen molar-refractivity contribution in [3.8, 4) is 0 Å². The Hall–Kier alpha value is -0.300. The maximum Gasteiger partial charge on any atom is 0.247 e. The molecule has 0 aromatic carbocycles. The number of hydrogen-bond donors (Lipinski definition) is 0. The molecule has 0 aromatic rings. The van der Waals surface area contributed by atoms with Crippen molar-refractivity contribution in [3.63, 3.8) is 0 Å². The predicted octanol–water partition coefficient (Wildman–Crippen LogP) is 4.28. The number of hydrogen-bond acceptors (Lipinski definition) is 4. The number of fused-ring (bicyclic) bond motifs is 2. The zero-order valence-corrected chi connectivity index (χ0v) is 14.9. The van der Waals surface area contributed by atoms with Crippen LogP contribution in [0.3, 0.4) is 0 Å². The number of rotatable bonds is 2. The molecule has 24 heavy (non-hydrogen) atoms. The number of alkyl halides is 2. The van der Waals surface area contributed by atoms with Gasteiger partial charge in [0.25, 0.3) is 0 Å². The molecule has 4 heterocycles. The summed E-state index contributed by atoms with van der Waals surface area (Å²) in [5.41, 5.74) is -0.660. The van der Waals surface area contributed by atoms with E-state index in [0.717, 1.165) is 32.6 Å². The minimum Gasteiger partial charge on any atom is -0.346 e. The third-order valence-electron chi connectivity index (χ3n) is 6.85. The molecule has 0 unspecified atom stereocenters. The fourth-order valence-corrected chi connectivity index (χ4v) is 5.57. The standard InChI is InChI=1S/C18H28F2O4/c1-10-5-6-13-11(2)14(9-16(3,19)20)21-15-18(13)12(10)7-8-17(4,22-15)23-24-18/h10-15H,5-9H2,1-4H3/t10-,11-,12+,13+,14-,15-,17-,18-/m1/s1. The van der Waals surface area contributed by atoms with Gasteiger partial charge in [-0.15, -0.1) is 0 Å². The van der Waals surface area contributed by atoms with Crippen molar-refractivity contribution >= 4 is 0 Å². The molecule has 8 atom stereocenters. The van der Waals surface area contributed by atoms with Crippen molar-refractivity contribution in [3.05, 3.63) is 0 Å². The fraction of sp³-hybridized carbons (Fsp3) is 1.00. The molecule has 1 spiro atoms. The van der Waals surface area contributed by atoms with Crippen molar-refractivity contribution in [1.82, 2.24) is 0 Å². The first kappa shape index (κ1) is 17.1. The Morgan fingerprint density at radius 3 is 2.54 bits per heavy atom. The Morgan fingerprint density at radius 2 is 1.83 bits per heavy atom. The Kier molecular flexibility index (Phi) is 3.82. The Bertz CT molecular complexity index is 510. The molecule has 138 valence electrons. The van der Waals surface area contributed by atoms with E-state index in [1.54, 1.807) is 0 Å². The molecule has 5 aliphatic rings. The van der Waals surface area contributed by atoms with Crippen LogP contribution >= 0.6 is 0 Å². The van der Waals surface area contributed by atoms with Gasteiger partial charge in [-0.1, -0.05) is 13.8 Å². The van der Waals surface area contributed by atoms with Gasteiger partial charge < -0.3 is 9.47 Å². The summed E-state index contributed by atoms with van der Waals surface area (Å²) in [6, 6.07) is 0. The van der Waals surface area contributed by atoms with Crippen molar-refractivity contribution in [2.45, 2.75) is 89.5 Å². The van der Waals surface area contributed by atoms with Crippen LogP contribution in [0.2, 0.25) is 0 Å². The van der Waals surface area contributed by atoms with Gasteiger partial charge in [-0.2, -0.15) is 0 Å². The van der Waals surface area contributed by atoms with E-state index in [1.807, 2.05) is 13.8 Å². The first-order valence-corrected chi connectivity index (χ1v) is 9.22. The van der Waals surface area contributed by atoms with Gasteiger partial charge in [0.2, 0.25) is 11.7 Å². The highest BCUT2D eigenvalue weighted by atomic mass is 19.3. The van der Waals surface area contributed by atoms with Crippen LogP contribution in [0.4, 0.5) is 8.78 Å². The molecule has 6 heteroatoms. The molecule has 0 N–H and O–H groups in total. The molecule has 0 aromatic heterocycles. The maximum absolute atomic E-state index is 13.7. The molecule has 0 amide bonds. The summed E-state index contributed by atoms with van der Waals surface area (Å²) in [4.78, 5) is 11.7. The first-order chi connectivity index (χ1) is 11.1. The Morgan fingerprint density at radius 1 is 1.08 bits per heavy atom. The smallest absolute Gasteiger partial charge is 0.247 e. The van der Waals surface area contributed by atoms with Crippen LogP contribution in [0.1, 0.15) is 59.8 Å². The average molecular weight is 346 g/mol. The van der Waals surface area contributed by atoms with Crippen molar-refractivity contribution in [2.75, 3.05) is 0 Å². The van der Waals surface area contributed by atoms with Crippen LogP contribution in [0.15, 0.2) is 0 Å². The van der Waals surface area contributed by atoms with Crippen molar-refractivity contribution in [2.24, 2.45) is 23.7 Å². The second kappa shape index (κ2) is 5.35. The molecule has 5 fully saturated rings. The third kappa shape index (κ3) is 2.44. The molecule has 0 radical (unpaired) electrons. The van der Waals surface area contributed by atoms with Gasteiger partial charge in [0, 0.05) is 18.8 Å². The van der Waals surface area contributed by atoms with E-state index in [0.29, 0.717) is 5.92 Å². The van der Waals surface area contributed by atoms with Gasteiger partial charge in [-0.05, 0) is 50.9 Å². The van der Waals surface area contributed by atoms with E-state index in [-0.39, 0.29) is 24.2 Å². The fourth-order valence-electron chi connectivity index (χ4n) is 5.57. The van der Waals surface area contributed by atoms with Crippen LogP contribution < -0.4 is 0 Å². The van der Waals surface area contributed by atoms with E-state index in [9.17, 15) is 8.78 Å². The average Bonchev–Trinajstić information content (AvgIpc) is 2.69. The highest BCUT2D eigenvalue weighted by Crippen LogP contribution is 2.61. The normalized spacial score (nSPS) is 54.2. The van der Waals surface area contributed by atoms with E-state index in [1.165, 1.54) is 0 Å². The predicted molar refractivity (Wildman–Crippen MR) is 82.1 cm³/mol. The number of halogens is 2. The topological polar surface area (TPSA) is 36.9 Å². The molecule has 4 saturated heterocycles.